The van der Waals surface area contributed by atoms with Crippen LogP contribution in [-0.2, 0) is 14.3 Å². The van der Waals surface area contributed by atoms with Gasteiger partial charge in [-0.05, 0) is 31.2 Å². The predicted octanol–water partition coefficient (Wildman–Crippen LogP) is 3.16. The third kappa shape index (κ3) is 5.23. The van der Waals surface area contributed by atoms with Gasteiger partial charge in [0.25, 0.3) is 5.91 Å². The Hall–Kier alpha value is -3.04. The van der Waals surface area contributed by atoms with Crippen molar-refractivity contribution in [3.8, 4) is 11.8 Å². The molecule has 1 atom stereocenters. The second kappa shape index (κ2) is 8.71. The predicted molar refractivity (Wildman–Crippen MR) is 92.3 cm³/mol. The summed E-state index contributed by atoms with van der Waals surface area (Å²) in [6.07, 6.45) is -1.05. The first-order valence-electron chi connectivity index (χ1n) is 7.38. The Labute approximate surface area is 149 Å². The maximum absolute atomic E-state index is 12.1. The highest BCUT2D eigenvalue weighted by atomic mass is 35.5. The van der Waals surface area contributed by atoms with E-state index in [1.807, 2.05) is 6.07 Å². The van der Waals surface area contributed by atoms with Gasteiger partial charge in [-0.25, -0.2) is 4.79 Å². The van der Waals surface area contributed by atoms with Gasteiger partial charge in [0.2, 0.25) is 0 Å². The zero-order valence-electron chi connectivity index (χ0n) is 13.4. The average Bonchev–Trinajstić information content (AvgIpc) is 2.61. The molecule has 25 heavy (non-hydrogen) atoms. The molecular weight excluding hydrogens is 344 g/mol. The van der Waals surface area contributed by atoms with E-state index in [0.29, 0.717) is 22.0 Å². The number of nitriles is 1. The van der Waals surface area contributed by atoms with Crippen molar-refractivity contribution in [3.05, 3.63) is 59.1 Å². The lowest BCUT2D eigenvalue weighted by molar-refractivity contribution is -0.155. The molecule has 0 bridgehead atoms. The summed E-state index contributed by atoms with van der Waals surface area (Å²) >= 11 is 5.92. The maximum atomic E-state index is 12.1. The summed E-state index contributed by atoms with van der Waals surface area (Å²) < 4.78 is 10.3. The van der Waals surface area contributed by atoms with E-state index in [1.54, 1.807) is 48.5 Å². The summed E-state index contributed by atoms with van der Waals surface area (Å²) in [6.45, 7) is 1.05. The van der Waals surface area contributed by atoms with Crippen LogP contribution in [-0.4, -0.2) is 24.6 Å². The smallest absolute Gasteiger partial charge is 0.344 e. The molecule has 0 aromatic heterocycles. The Bertz CT molecular complexity index is 817. The second-order valence-electron chi connectivity index (χ2n) is 5.00. The number of benzene rings is 2. The van der Waals surface area contributed by atoms with E-state index in [0.717, 1.165) is 0 Å². The molecule has 0 unspecified atom stereocenters. The van der Waals surface area contributed by atoms with Crippen LogP contribution in [0.2, 0.25) is 5.02 Å². The average molecular weight is 359 g/mol. The van der Waals surface area contributed by atoms with E-state index in [1.165, 1.54) is 6.92 Å². The van der Waals surface area contributed by atoms with Gasteiger partial charge in [0.1, 0.15) is 11.8 Å². The van der Waals surface area contributed by atoms with Crippen molar-refractivity contribution in [2.24, 2.45) is 0 Å². The topological polar surface area (TPSA) is 88.4 Å². The largest absolute Gasteiger partial charge is 0.480 e. The zero-order chi connectivity index (χ0) is 18.2. The molecule has 0 saturated heterocycles. The van der Waals surface area contributed by atoms with Crippen molar-refractivity contribution < 1.29 is 19.1 Å². The van der Waals surface area contributed by atoms with Gasteiger partial charge in [-0.1, -0.05) is 35.9 Å². The minimum absolute atomic E-state index is 0.316. The Morgan fingerprint density at radius 1 is 1.20 bits per heavy atom. The zero-order valence-corrected chi connectivity index (χ0v) is 14.1. The van der Waals surface area contributed by atoms with E-state index in [9.17, 15) is 9.59 Å². The van der Waals surface area contributed by atoms with Crippen molar-refractivity contribution in [1.29, 1.82) is 5.26 Å². The van der Waals surface area contributed by atoms with E-state index in [4.69, 9.17) is 26.3 Å². The van der Waals surface area contributed by atoms with Gasteiger partial charge in [0, 0.05) is 0 Å². The second-order valence-corrected chi connectivity index (χ2v) is 5.41. The number of hydrogen-bond donors (Lipinski definition) is 1. The number of carbonyl (C=O) groups is 2. The monoisotopic (exact) mass is 358 g/mol. The number of para-hydroxylation sites is 2. The van der Waals surface area contributed by atoms with E-state index < -0.39 is 18.0 Å². The highest BCUT2D eigenvalue weighted by Gasteiger charge is 2.19. The van der Waals surface area contributed by atoms with Crippen LogP contribution in [0.1, 0.15) is 12.5 Å². The Kier molecular flexibility index (Phi) is 6.38. The van der Waals surface area contributed by atoms with Gasteiger partial charge in [-0.15, -0.1) is 0 Å². The van der Waals surface area contributed by atoms with Crippen LogP contribution in [0, 0.1) is 11.3 Å². The van der Waals surface area contributed by atoms with Gasteiger partial charge in [-0.2, -0.15) is 5.26 Å². The Morgan fingerprint density at radius 2 is 1.88 bits per heavy atom. The lowest BCUT2D eigenvalue weighted by atomic mass is 10.2. The van der Waals surface area contributed by atoms with E-state index >= 15 is 0 Å². The minimum Gasteiger partial charge on any atom is -0.480 e. The van der Waals surface area contributed by atoms with Crippen LogP contribution in [0.25, 0.3) is 0 Å². The molecule has 7 heteroatoms. The molecule has 1 amide bonds. The molecule has 0 radical (unpaired) electrons. The van der Waals surface area contributed by atoms with Crippen LogP contribution in [0.5, 0.6) is 5.75 Å². The number of halogens is 1. The molecular formula is C18H15ClN2O4. The van der Waals surface area contributed by atoms with Crippen molar-refractivity contribution >= 4 is 29.2 Å². The normalized spacial score (nSPS) is 11.1. The number of ether oxygens (including phenoxy) is 2. The van der Waals surface area contributed by atoms with Crippen LogP contribution in [0.4, 0.5) is 5.69 Å². The molecule has 0 aliphatic carbocycles. The van der Waals surface area contributed by atoms with Crippen LogP contribution >= 0.6 is 11.6 Å². The first kappa shape index (κ1) is 18.3. The number of amides is 1. The van der Waals surface area contributed by atoms with Crippen molar-refractivity contribution in [1.82, 2.24) is 0 Å². The molecule has 6 nitrogen and oxygen atoms in total. The lowest BCUT2D eigenvalue weighted by Crippen LogP contribution is -2.31. The van der Waals surface area contributed by atoms with Crippen LogP contribution in [0.3, 0.4) is 0 Å². The summed E-state index contributed by atoms with van der Waals surface area (Å²) in [4.78, 5) is 23.9. The Morgan fingerprint density at radius 3 is 2.60 bits per heavy atom. The van der Waals surface area contributed by atoms with Crippen molar-refractivity contribution in [3.63, 3.8) is 0 Å². The van der Waals surface area contributed by atoms with E-state index in [2.05, 4.69) is 5.32 Å². The molecule has 1 N–H and O–H groups in total. The summed E-state index contributed by atoms with van der Waals surface area (Å²) in [5.41, 5.74) is 0.668. The van der Waals surface area contributed by atoms with Gasteiger partial charge >= 0.3 is 5.97 Å². The highest BCUT2D eigenvalue weighted by Crippen LogP contribution is 2.23. The van der Waals surface area contributed by atoms with Crippen molar-refractivity contribution in [2.75, 3.05) is 11.9 Å². The molecule has 0 heterocycles. The fourth-order valence-electron chi connectivity index (χ4n) is 1.91. The molecule has 0 aliphatic rings. The quantitative estimate of drug-likeness (QED) is 0.801. The molecule has 2 aromatic carbocycles. The van der Waals surface area contributed by atoms with Gasteiger partial charge in [-0.3, -0.25) is 4.79 Å². The van der Waals surface area contributed by atoms with Crippen LogP contribution < -0.4 is 10.1 Å². The summed E-state index contributed by atoms with van der Waals surface area (Å²) in [6, 6.07) is 15.2. The highest BCUT2D eigenvalue weighted by molar-refractivity contribution is 6.32. The van der Waals surface area contributed by atoms with E-state index in [-0.39, 0.29) is 6.61 Å². The van der Waals surface area contributed by atoms with Crippen molar-refractivity contribution in [2.45, 2.75) is 13.0 Å². The number of hydrogen-bond acceptors (Lipinski definition) is 5. The lowest BCUT2D eigenvalue weighted by Gasteiger charge is -2.14. The molecule has 0 aliphatic heterocycles. The first-order valence-corrected chi connectivity index (χ1v) is 7.76. The fraction of sp³-hybridized carbons (Fsp3) is 0.167. The number of anilines is 1. The van der Waals surface area contributed by atoms with Gasteiger partial charge in [0.15, 0.2) is 12.7 Å². The summed E-state index contributed by atoms with van der Waals surface area (Å²) in [5.74, 6) is -0.911. The molecule has 0 spiro atoms. The Balaban J connectivity index is 1.87. The number of esters is 1. The number of nitrogens with one attached hydrogen (secondary N) is 1. The standard InChI is InChI=1S/C18H15ClN2O4/c1-12(18(23)21-15-8-4-2-6-13(15)10-20)25-17(22)11-24-16-9-5-3-7-14(16)19/h2-9,12H,11H2,1H3,(H,21,23)/t12-/m0/s1. The van der Waals surface area contributed by atoms with Crippen LogP contribution in [0.15, 0.2) is 48.5 Å². The molecule has 0 fully saturated rings. The number of nitrogens with zero attached hydrogens (tertiary/aromatic N) is 1. The SMILES string of the molecule is C[C@H](OC(=O)COc1ccccc1Cl)C(=O)Nc1ccccc1C#N. The maximum Gasteiger partial charge on any atom is 0.344 e. The summed E-state index contributed by atoms with van der Waals surface area (Å²) in [7, 11) is 0. The third-order valence-corrected chi connectivity index (χ3v) is 3.48. The third-order valence-electron chi connectivity index (χ3n) is 3.17. The molecule has 2 aromatic rings. The van der Waals surface area contributed by atoms with Gasteiger partial charge in [0.05, 0.1) is 16.3 Å². The number of carbonyl (C=O) groups excluding carboxylic acids is 2. The fourth-order valence-corrected chi connectivity index (χ4v) is 2.10. The summed E-state index contributed by atoms with van der Waals surface area (Å²) in [5, 5.41) is 11.9. The van der Waals surface area contributed by atoms with Gasteiger partial charge < -0.3 is 14.8 Å². The molecule has 128 valence electrons. The molecule has 0 saturated carbocycles. The minimum atomic E-state index is -1.05. The number of rotatable bonds is 6. The first-order chi connectivity index (χ1) is 12.0. The molecule has 2 rings (SSSR count).